The molecule has 0 saturated carbocycles. The van der Waals surface area contributed by atoms with Crippen LogP contribution in [0.25, 0.3) is 5.65 Å². The molecule has 0 aromatic carbocycles. The summed E-state index contributed by atoms with van der Waals surface area (Å²) in [5.41, 5.74) is 3.90. The molecule has 0 aliphatic heterocycles. The highest BCUT2D eigenvalue weighted by atomic mass is 32.1. The molecular weight excluding hydrogens is 258 g/mol. The first-order valence-electron chi connectivity index (χ1n) is 6.23. The molecular formula is C13H15N5S. The van der Waals surface area contributed by atoms with E-state index in [1.165, 1.54) is 4.88 Å². The van der Waals surface area contributed by atoms with Crippen LogP contribution in [0.15, 0.2) is 29.9 Å². The number of pyridine rings is 1. The van der Waals surface area contributed by atoms with E-state index in [-0.39, 0.29) is 0 Å². The van der Waals surface area contributed by atoms with Gasteiger partial charge in [-0.25, -0.2) is 4.98 Å². The van der Waals surface area contributed by atoms with Crippen molar-refractivity contribution in [1.29, 1.82) is 0 Å². The smallest absolute Gasteiger partial charge is 0.160 e. The lowest BCUT2D eigenvalue weighted by Gasteiger charge is -2.03. The number of thiazole rings is 1. The SMILES string of the molecule is Cc1ncsc1CNCCc1nnc2ccccn12. The van der Waals surface area contributed by atoms with Crippen molar-refractivity contribution in [3.63, 3.8) is 0 Å². The van der Waals surface area contributed by atoms with Gasteiger partial charge >= 0.3 is 0 Å². The number of fused-ring (bicyclic) bond motifs is 1. The Kier molecular flexibility index (Phi) is 3.52. The van der Waals surface area contributed by atoms with E-state index in [1.54, 1.807) is 11.3 Å². The third-order valence-electron chi connectivity index (χ3n) is 3.04. The van der Waals surface area contributed by atoms with Gasteiger partial charge in [0, 0.05) is 30.6 Å². The van der Waals surface area contributed by atoms with Crippen LogP contribution in [0, 0.1) is 6.92 Å². The van der Waals surface area contributed by atoms with Crippen LogP contribution in [0.2, 0.25) is 0 Å². The molecule has 0 aliphatic rings. The highest BCUT2D eigenvalue weighted by Crippen LogP contribution is 2.11. The van der Waals surface area contributed by atoms with E-state index in [0.717, 1.165) is 36.7 Å². The van der Waals surface area contributed by atoms with E-state index in [4.69, 9.17) is 0 Å². The number of hydrogen-bond donors (Lipinski definition) is 1. The lowest BCUT2D eigenvalue weighted by molar-refractivity contribution is 0.669. The van der Waals surface area contributed by atoms with E-state index in [2.05, 4.69) is 20.5 Å². The molecule has 3 rings (SSSR count). The van der Waals surface area contributed by atoms with Crippen molar-refractivity contribution < 1.29 is 0 Å². The molecule has 0 spiro atoms. The molecule has 0 atom stereocenters. The van der Waals surface area contributed by atoms with Crippen molar-refractivity contribution in [3.8, 4) is 0 Å². The standard InChI is InChI=1S/C13H15N5S/c1-10-11(19-9-15-10)8-14-6-5-13-17-16-12-4-2-3-7-18(12)13/h2-4,7,9,14H,5-6,8H2,1H3. The van der Waals surface area contributed by atoms with E-state index < -0.39 is 0 Å². The number of aromatic nitrogens is 4. The maximum Gasteiger partial charge on any atom is 0.160 e. The monoisotopic (exact) mass is 273 g/mol. The van der Waals surface area contributed by atoms with Gasteiger partial charge < -0.3 is 5.32 Å². The van der Waals surface area contributed by atoms with Crippen LogP contribution in [0.1, 0.15) is 16.4 Å². The number of nitrogens with one attached hydrogen (secondary N) is 1. The summed E-state index contributed by atoms with van der Waals surface area (Å²) in [5, 5.41) is 11.8. The Hall–Kier alpha value is -1.79. The van der Waals surface area contributed by atoms with Gasteiger partial charge in [-0.15, -0.1) is 21.5 Å². The third kappa shape index (κ3) is 2.64. The van der Waals surface area contributed by atoms with Gasteiger partial charge in [0.05, 0.1) is 11.2 Å². The molecule has 3 heterocycles. The average Bonchev–Trinajstić information content (AvgIpc) is 3.02. The Morgan fingerprint density at radius 1 is 1.32 bits per heavy atom. The van der Waals surface area contributed by atoms with Gasteiger partial charge in [0.15, 0.2) is 5.65 Å². The molecule has 1 N–H and O–H groups in total. The predicted octanol–water partition coefficient (Wildman–Crippen LogP) is 1.83. The Labute approximate surface area is 115 Å². The molecule has 0 amide bonds. The second kappa shape index (κ2) is 5.46. The topological polar surface area (TPSA) is 55.1 Å². The van der Waals surface area contributed by atoms with Crippen molar-refractivity contribution in [2.75, 3.05) is 6.54 Å². The first kappa shape index (κ1) is 12.3. The van der Waals surface area contributed by atoms with Crippen molar-refractivity contribution in [2.45, 2.75) is 19.9 Å². The lowest BCUT2D eigenvalue weighted by atomic mass is 10.3. The molecule has 0 unspecified atom stereocenters. The summed E-state index contributed by atoms with van der Waals surface area (Å²) in [6.07, 6.45) is 2.86. The summed E-state index contributed by atoms with van der Waals surface area (Å²) < 4.78 is 2.03. The minimum absolute atomic E-state index is 0.864. The van der Waals surface area contributed by atoms with Crippen LogP contribution in [0.3, 0.4) is 0 Å². The fraction of sp³-hybridized carbons (Fsp3) is 0.308. The van der Waals surface area contributed by atoms with Crippen LogP contribution in [-0.2, 0) is 13.0 Å². The number of rotatable bonds is 5. The van der Waals surface area contributed by atoms with Crippen LogP contribution >= 0.6 is 11.3 Å². The fourth-order valence-electron chi connectivity index (χ4n) is 1.96. The first-order valence-corrected chi connectivity index (χ1v) is 7.11. The second-order valence-corrected chi connectivity index (χ2v) is 5.27. The zero-order valence-electron chi connectivity index (χ0n) is 10.7. The minimum Gasteiger partial charge on any atom is -0.311 e. The van der Waals surface area contributed by atoms with Crippen LogP contribution < -0.4 is 5.32 Å². The van der Waals surface area contributed by atoms with Gasteiger partial charge in [0.2, 0.25) is 0 Å². The van der Waals surface area contributed by atoms with Crippen molar-refractivity contribution in [1.82, 2.24) is 24.9 Å². The number of aryl methyl sites for hydroxylation is 1. The maximum atomic E-state index is 4.24. The van der Waals surface area contributed by atoms with Gasteiger partial charge in [-0.05, 0) is 19.1 Å². The van der Waals surface area contributed by atoms with Crippen LogP contribution in [-0.4, -0.2) is 26.1 Å². The Morgan fingerprint density at radius 2 is 2.26 bits per heavy atom. The van der Waals surface area contributed by atoms with Crippen molar-refractivity contribution in [3.05, 3.63) is 46.3 Å². The highest BCUT2D eigenvalue weighted by Gasteiger charge is 2.04. The minimum atomic E-state index is 0.864. The van der Waals surface area contributed by atoms with Gasteiger partial charge in [-0.3, -0.25) is 4.40 Å². The summed E-state index contributed by atoms with van der Waals surface area (Å²) in [4.78, 5) is 5.54. The van der Waals surface area contributed by atoms with E-state index in [9.17, 15) is 0 Å². The summed E-state index contributed by atoms with van der Waals surface area (Å²) in [5.74, 6) is 0.990. The molecule has 0 saturated heterocycles. The third-order valence-corrected chi connectivity index (χ3v) is 3.98. The zero-order valence-corrected chi connectivity index (χ0v) is 11.5. The maximum absolute atomic E-state index is 4.24. The van der Waals surface area contributed by atoms with Crippen LogP contribution in [0.5, 0.6) is 0 Å². The number of hydrogen-bond acceptors (Lipinski definition) is 5. The predicted molar refractivity (Wildman–Crippen MR) is 75.2 cm³/mol. The lowest BCUT2D eigenvalue weighted by Crippen LogP contribution is -2.17. The summed E-state index contributed by atoms with van der Waals surface area (Å²) in [6.45, 7) is 3.79. The summed E-state index contributed by atoms with van der Waals surface area (Å²) in [6, 6.07) is 5.93. The Bertz CT molecular complexity index is 672. The number of nitrogens with zero attached hydrogens (tertiary/aromatic N) is 4. The molecule has 0 bridgehead atoms. The Morgan fingerprint density at radius 3 is 3.11 bits per heavy atom. The molecule has 6 heteroatoms. The van der Waals surface area contributed by atoms with Crippen LogP contribution in [0.4, 0.5) is 0 Å². The molecule has 3 aromatic heterocycles. The average molecular weight is 273 g/mol. The van der Waals surface area contributed by atoms with Crippen molar-refractivity contribution in [2.24, 2.45) is 0 Å². The molecule has 5 nitrogen and oxygen atoms in total. The Balaban J connectivity index is 1.57. The fourth-order valence-corrected chi connectivity index (χ4v) is 2.71. The largest absolute Gasteiger partial charge is 0.311 e. The molecule has 0 fully saturated rings. The molecule has 0 radical (unpaired) electrons. The molecule has 19 heavy (non-hydrogen) atoms. The quantitative estimate of drug-likeness (QED) is 0.721. The normalized spacial score (nSPS) is 11.2. The van der Waals surface area contributed by atoms with Crippen molar-refractivity contribution >= 4 is 17.0 Å². The summed E-state index contributed by atoms with van der Waals surface area (Å²) in [7, 11) is 0. The van der Waals surface area contributed by atoms with Gasteiger partial charge in [0.1, 0.15) is 5.82 Å². The molecule has 0 aliphatic carbocycles. The summed E-state index contributed by atoms with van der Waals surface area (Å²) >= 11 is 1.69. The molecule has 3 aromatic rings. The zero-order chi connectivity index (χ0) is 13.1. The van der Waals surface area contributed by atoms with E-state index >= 15 is 0 Å². The highest BCUT2D eigenvalue weighted by molar-refractivity contribution is 7.09. The second-order valence-electron chi connectivity index (χ2n) is 4.33. The molecule has 98 valence electrons. The first-order chi connectivity index (χ1) is 9.34. The van der Waals surface area contributed by atoms with Gasteiger partial charge in [-0.1, -0.05) is 6.07 Å². The van der Waals surface area contributed by atoms with E-state index in [1.807, 2.05) is 41.2 Å². The van der Waals surface area contributed by atoms with E-state index in [0.29, 0.717) is 0 Å². The van der Waals surface area contributed by atoms with Gasteiger partial charge in [-0.2, -0.15) is 0 Å². The van der Waals surface area contributed by atoms with Gasteiger partial charge in [0.25, 0.3) is 0 Å².